The van der Waals surface area contributed by atoms with Gasteiger partial charge in [-0.2, -0.15) is 0 Å². The Bertz CT molecular complexity index is 640. The molecule has 0 aliphatic heterocycles. The topological polar surface area (TPSA) is 81.1 Å². The molecular weight excluding hydrogens is 393 g/mol. The number of carbonyl (C=O) groups excluding carboxylic acids is 1. The van der Waals surface area contributed by atoms with Crippen molar-refractivity contribution in [1.82, 2.24) is 10.3 Å². The molecule has 2 aromatic rings. The molecule has 0 bridgehead atoms. The van der Waals surface area contributed by atoms with Gasteiger partial charge >= 0.3 is 0 Å². The van der Waals surface area contributed by atoms with Crippen LogP contribution in [0.1, 0.15) is 48.3 Å². The summed E-state index contributed by atoms with van der Waals surface area (Å²) in [6.07, 6.45) is 2.13. The average Bonchev–Trinajstić information content (AvgIpc) is 2.94. The van der Waals surface area contributed by atoms with Gasteiger partial charge in [0.05, 0.1) is 6.04 Å². The number of aromatic nitrogens is 1. The molecule has 3 N–H and O–H groups in total. The molecule has 6 heteroatoms. The molecule has 1 amide bonds. The van der Waals surface area contributed by atoms with Gasteiger partial charge in [-0.1, -0.05) is 26.0 Å². The lowest BCUT2D eigenvalue weighted by molar-refractivity contribution is 0.0946. The molecule has 0 saturated carbocycles. The van der Waals surface area contributed by atoms with Crippen LogP contribution in [0.15, 0.2) is 34.9 Å². The molecule has 0 spiro atoms. The molecule has 2 rings (SSSR count). The van der Waals surface area contributed by atoms with Crippen molar-refractivity contribution in [2.24, 2.45) is 11.7 Å². The van der Waals surface area contributed by atoms with Crippen LogP contribution in [0.25, 0.3) is 0 Å². The summed E-state index contributed by atoms with van der Waals surface area (Å²) in [5.74, 6) is 0.596. The number of halogens is 1. The van der Waals surface area contributed by atoms with E-state index >= 15 is 0 Å². The quantitative estimate of drug-likeness (QED) is 0.713. The smallest absolute Gasteiger partial charge is 0.273 e. The predicted molar refractivity (Wildman–Crippen MR) is 93.2 cm³/mol. The fourth-order valence-electron chi connectivity index (χ4n) is 2.09. The lowest BCUT2D eigenvalue weighted by Gasteiger charge is -2.09. The summed E-state index contributed by atoms with van der Waals surface area (Å²) < 4.78 is 6.45. The molecule has 1 aromatic carbocycles. The number of hydrogen-bond donors (Lipinski definition) is 2. The van der Waals surface area contributed by atoms with E-state index in [-0.39, 0.29) is 17.6 Å². The molecule has 118 valence electrons. The van der Waals surface area contributed by atoms with Crippen LogP contribution < -0.4 is 11.1 Å². The minimum Gasteiger partial charge on any atom is -0.446 e. The zero-order valence-electron chi connectivity index (χ0n) is 12.7. The number of oxazole rings is 1. The van der Waals surface area contributed by atoms with Gasteiger partial charge in [0.1, 0.15) is 6.26 Å². The van der Waals surface area contributed by atoms with Crippen LogP contribution in [0.2, 0.25) is 0 Å². The largest absolute Gasteiger partial charge is 0.446 e. The van der Waals surface area contributed by atoms with E-state index in [1.807, 2.05) is 24.3 Å². The highest BCUT2D eigenvalue weighted by molar-refractivity contribution is 14.1. The molecule has 0 fully saturated rings. The normalized spacial score (nSPS) is 12.4. The molecule has 0 saturated heterocycles. The van der Waals surface area contributed by atoms with E-state index in [9.17, 15) is 4.79 Å². The van der Waals surface area contributed by atoms with E-state index in [1.165, 1.54) is 6.26 Å². The standard InChI is InChI=1S/C16H20IN3O2/c1-10(2)6-13(18)16-20-14(9-22-16)15(21)19-8-11-4-3-5-12(17)7-11/h3-5,7,9-10,13H,6,8,18H2,1-2H3,(H,19,21). The summed E-state index contributed by atoms with van der Waals surface area (Å²) >= 11 is 2.24. The average molecular weight is 413 g/mol. The van der Waals surface area contributed by atoms with Crippen LogP contribution in [0.3, 0.4) is 0 Å². The van der Waals surface area contributed by atoms with Crippen LogP contribution >= 0.6 is 22.6 Å². The maximum Gasteiger partial charge on any atom is 0.273 e. The van der Waals surface area contributed by atoms with Crippen LogP contribution in [0.4, 0.5) is 0 Å². The Morgan fingerprint density at radius 1 is 1.45 bits per heavy atom. The fourth-order valence-corrected chi connectivity index (χ4v) is 2.70. The first kappa shape index (κ1) is 17.0. The van der Waals surface area contributed by atoms with Crippen molar-refractivity contribution >= 4 is 28.5 Å². The van der Waals surface area contributed by atoms with Crippen LogP contribution in [0, 0.1) is 9.49 Å². The third-order valence-corrected chi connectivity index (χ3v) is 3.81. The molecular formula is C16H20IN3O2. The van der Waals surface area contributed by atoms with Gasteiger partial charge in [-0.3, -0.25) is 4.79 Å². The SMILES string of the molecule is CC(C)CC(N)c1nc(C(=O)NCc2cccc(I)c2)co1. The number of benzene rings is 1. The van der Waals surface area contributed by atoms with Crippen molar-refractivity contribution in [3.63, 3.8) is 0 Å². The van der Waals surface area contributed by atoms with E-state index in [0.29, 0.717) is 18.4 Å². The van der Waals surface area contributed by atoms with E-state index in [1.54, 1.807) is 0 Å². The Kier molecular flexibility index (Phi) is 5.96. The zero-order valence-corrected chi connectivity index (χ0v) is 14.8. The van der Waals surface area contributed by atoms with Crippen LogP contribution in [0.5, 0.6) is 0 Å². The third kappa shape index (κ3) is 4.81. The van der Waals surface area contributed by atoms with Crippen molar-refractivity contribution in [2.75, 3.05) is 0 Å². The second-order valence-corrected chi connectivity index (χ2v) is 6.87. The summed E-state index contributed by atoms with van der Waals surface area (Å²) in [6, 6.07) is 7.68. The van der Waals surface area contributed by atoms with Gasteiger partial charge in [0.25, 0.3) is 5.91 Å². The Morgan fingerprint density at radius 3 is 2.91 bits per heavy atom. The first-order chi connectivity index (χ1) is 10.5. The van der Waals surface area contributed by atoms with E-state index in [2.05, 4.69) is 46.7 Å². The number of nitrogens with one attached hydrogen (secondary N) is 1. The van der Waals surface area contributed by atoms with Gasteiger partial charge < -0.3 is 15.5 Å². The molecule has 5 nitrogen and oxygen atoms in total. The molecule has 1 unspecified atom stereocenters. The second kappa shape index (κ2) is 7.73. The predicted octanol–water partition coefficient (Wildman–Crippen LogP) is 3.26. The molecule has 0 aliphatic rings. The minimum absolute atomic E-state index is 0.259. The zero-order chi connectivity index (χ0) is 16.1. The minimum atomic E-state index is -0.280. The van der Waals surface area contributed by atoms with Crippen molar-refractivity contribution in [1.29, 1.82) is 0 Å². The molecule has 1 heterocycles. The Labute approximate surface area is 143 Å². The van der Waals surface area contributed by atoms with Gasteiger partial charge in [0.2, 0.25) is 5.89 Å². The second-order valence-electron chi connectivity index (χ2n) is 5.62. The number of amides is 1. The van der Waals surface area contributed by atoms with Gasteiger partial charge in [-0.25, -0.2) is 4.98 Å². The number of hydrogen-bond acceptors (Lipinski definition) is 4. The lowest BCUT2D eigenvalue weighted by atomic mass is 10.0. The van der Waals surface area contributed by atoms with E-state index < -0.39 is 0 Å². The number of nitrogens with two attached hydrogens (primary N) is 1. The van der Waals surface area contributed by atoms with Crippen LogP contribution in [-0.4, -0.2) is 10.9 Å². The van der Waals surface area contributed by atoms with Crippen LogP contribution in [-0.2, 0) is 6.54 Å². The summed E-state index contributed by atoms with van der Waals surface area (Å²) in [7, 11) is 0. The molecule has 0 radical (unpaired) electrons. The van der Waals surface area contributed by atoms with E-state index in [4.69, 9.17) is 10.2 Å². The maximum absolute atomic E-state index is 12.1. The molecule has 1 aromatic heterocycles. The highest BCUT2D eigenvalue weighted by Gasteiger charge is 2.17. The first-order valence-electron chi connectivity index (χ1n) is 7.19. The first-order valence-corrected chi connectivity index (χ1v) is 8.27. The Morgan fingerprint density at radius 2 is 2.23 bits per heavy atom. The van der Waals surface area contributed by atoms with Crippen molar-refractivity contribution < 1.29 is 9.21 Å². The van der Waals surface area contributed by atoms with Gasteiger partial charge in [-0.05, 0) is 52.6 Å². The highest BCUT2D eigenvalue weighted by Crippen LogP contribution is 2.18. The fraction of sp³-hybridized carbons (Fsp3) is 0.375. The maximum atomic E-state index is 12.1. The Balaban J connectivity index is 1.94. The van der Waals surface area contributed by atoms with Gasteiger partial charge in [0, 0.05) is 10.1 Å². The molecule has 1 atom stereocenters. The third-order valence-electron chi connectivity index (χ3n) is 3.14. The summed E-state index contributed by atoms with van der Waals surface area (Å²) in [6.45, 7) is 4.62. The molecule has 0 aliphatic carbocycles. The number of rotatable bonds is 6. The van der Waals surface area contributed by atoms with E-state index in [0.717, 1.165) is 15.6 Å². The highest BCUT2D eigenvalue weighted by atomic mass is 127. The van der Waals surface area contributed by atoms with Crippen molar-refractivity contribution in [3.05, 3.63) is 51.2 Å². The lowest BCUT2D eigenvalue weighted by Crippen LogP contribution is -2.23. The van der Waals surface area contributed by atoms with Crippen molar-refractivity contribution in [2.45, 2.75) is 32.9 Å². The monoisotopic (exact) mass is 413 g/mol. The molecule has 22 heavy (non-hydrogen) atoms. The van der Waals surface area contributed by atoms with Gasteiger partial charge in [0.15, 0.2) is 5.69 Å². The summed E-state index contributed by atoms with van der Waals surface area (Å²) in [5, 5.41) is 2.83. The summed E-state index contributed by atoms with van der Waals surface area (Å²) in [5.41, 5.74) is 7.31. The summed E-state index contributed by atoms with van der Waals surface area (Å²) in [4.78, 5) is 16.3. The Hall–Kier alpha value is -1.41. The number of carbonyl (C=O) groups is 1. The number of nitrogens with zero attached hydrogens (tertiary/aromatic N) is 1. The van der Waals surface area contributed by atoms with Crippen molar-refractivity contribution in [3.8, 4) is 0 Å². The van der Waals surface area contributed by atoms with Gasteiger partial charge in [-0.15, -0.1) is 0 Å².